The Hall–Kier alpha value is -1.79. The second-order valence-electron chi connectivity index (χ2n) is 10.3. The number of Topliss-reactive ketones (excluding diaryl/α,β-unsaturated/α-hetero) is 1. The molecule has 3 fully saturated rings. The first-order valence-electron chi connectivity index (χ1n) is 11.0. The van der Waals surface area contributed by atoms with Gasteiger partial charge in [0, 0.05) is 23.7 Å². The van der Waals surface area contributed by atoms with E-state index in [2.05, 4.69) is 6.92 Å². The highest BCUT2D eigenvalue weighted by Crippen LogP contribution is 2.68. The predicted molar refractivity (Wildman–Crippen MR) is 109 cm³/mol. The third-order valence-corrected chi connectivity index (χ3v) is 8.91. The number of hydrogen-bond acceptors (Lipinski definition) is 6. The van der Waals surface area contributed by atoms with Gasteiger partial charge in [0.05, 0.1) is 6.10 Å². The molecule has 0 amide bonds. The molecule has 0 aliphatic heterocycles. The van der Waals surface area contributed by atoms with E-state index in [1.165, 1.54) is 6.92 Å². The van der Waals surface area contributed by atoms with Crippen LogP contribution in [0.3, 0.4) is 0 Å². The van der Waals surface area contributed by atoms with Crippen molar-refractivity contribution in [1.29, 1.82) is 0 Å². The number of ether oxygens (including phenoxy) is 1. The van der Waals surface area contributed by atoms with Gasteiger partial charge in [0.2, 0.25) is 5.78 Å². The van der Waals surface area contributed by atoms with Crippen LogP contribution in [0.2, 0.25) is 0 Å². The van der Waals surface area contributed by atoms with Crippen LogP contribution in [-0.2, 0) is 19.1 Å². The van der Waals surface area contributed by atoms with Crippen molar-refractivity contribution >= 4 is 17.5 Å². The van der Waals surface area contributed by atoms with Crippen LogP contribution < -0.4 is 0 Å². The smallest absolute Gasteiger partial charge is 0.303 e. The lowest BCUT2D eigenvalue weighted by Crippen LogP contribution is -2.62. The quantitative estimate of drug-likeness (QED) is 0.685. The largest absolute Gasteiger partial charge is 0.458 e. The van der Waals surface area contributed by atoms with Gasteiger partial charge in [0.15, 0.2) is 12.4 Å². The van der Waals surface area contributed by atoms with Gasteiger partial charge in [-0.1, -0.05) is 32.4 Å². The van der Waals surface area contributed by atoms with Crippen LogP contribution in [-0.4, -0.2) is 46.1 Å². The number of esters is 1. The SMILES string of the molecule is CC(=O)OCC(=O)[C@@]1(O)[C@H](C)C[C@H]2[C@@H]3CCC4=CC(=O)C=C[C@]4(C)[C@H]3[C@H](O)C[C@@]21C. The molecule has 0 spiro atoms. The van der Waals surface area contributed by atoms with E-state index >= 15 is 0 Å². The molecule has 4 aliphatic carbocycles. The molecule has 164 valence electrons. The summed E-state index contributed by atoms with van der Waals surface area (Å²) < 4.78 is 4.93. The fraction of sp³-hybridized carbons (Fsp3) is 0.708. The summed E-state index contributed by atoms with van der Waals surface area (Å²) in [6.07, 6.45) is 7.15. The normalized spacial score (nSPS) is 47.1. The molecule has 6 nitrogen and oxygen atoms in total. The highest BCUT2D eigenvalue weighted by molar-refractivity contribution is 6.01. The number of allylic oxidation sites excluding steroid dienone is 4. The zero-order chi connectivity index (χ0) is 22.1. The number of fused-ring (bicyclic) bond motifs is 5. The van der Waals surface area contributed by atoms with Crippen molar-refractivity contribution in [3.63, 3.8) is 0 Å². The lowest BCUT2D eigenvalue weighted by atomic mass is 9.46. The molecule has 0 unspecified atom stereocenters. The maximum atomic E-state index is 13.1. The molecule has 0 bridgehead atoms. The Morgan fingerprint density at radius 3 is 2.67 bits per heavy atom. The van der Waals surface area contributed by atoms with Crippen LogP contribution in [0.1, 0.15) is 53.4 Å². The molecule has 0 saturated heterocycles. The molecule has 4 aliphatic rings. The van der Waals surface area contributed by atoms with Gasteiger partial charge in [-0.15, -0.1) is 0 Å². The molecule has 3 saturated carbocycles. The molecular formula is C24H32O6. The Morgan fingerprint density at radius 2 is 2.00 bits per heavy atom. The molecule has 30 heavy (non-hydrogen) atoms. The monoisotopic (exact) mass is 416 g/mol. The molecule has 6 heteroatoms. The van der Waals surface area contributed by atoms with Gasteiger partial charge >= 0.3 is 5.97 Å². The maximum absolute atomic E-state index is 13.1. The number of carbonyl (C=O) groups is 3. The summed E-state index contributed by atoms with van der Waals surface area (Å²) in [5.74, 6) is -1.19. The molecule has 0 aromatic rings. The average molecular weight is 417 g/mol. The second kappa shape index (κ2) is 6.86. The molecule has 4 rings (SSSR count). The summed E-state index contributed by atoms with van der Waals surface area (Å²) in [5, 5.41) is 23.1. The number of ketones is 2. The summed E-state index contributed by atoms with van der Waals surface area (Å²) in [5.41, 5.74) is -1.75. The summed E-state index contributed by atoms with van der Waals surface area (Å²) in [6.45, 7) is 6.69. The van der Waals surface area contributed by atoms with E-state index in [1.54, 1.807) is 12.2 Å². The van der Waals surface area contributed by atoms with Crippen molar-refractivity contribution in [1.82, 2.24) is 0 Å². The highest BCUT2D eigenvalue weighted by Gasteiger charge is 2.70. The van der Waals surface area contributed by atoms with Gasteiger partial charge in [0.25, 0.3) is 0 Å². The number of aliphatic hydroxyl groups excluding tert-OH is 1. The van der Waals surface area contributed by atoms with E-state index in [0.29, 0.717) is 12.8 Å². The standard InChI is InChI=1S/C24H32O6/c1-13-9-18-17-6-5-15-10-16(26)7-8-22(15,3)21(17)19(27)11-23(18,4)24(13,29)20(28)12-30-14(2)25/h7-8,10,13,17-19,21,27,29H,5-6,9,11-12H2,1-4H3/t13-,17+,18+,19-,21-,22+,23+,24+/m1/s1. The molecule has 0 radical (unpaired) electrons. The molecule has 8 atom stereocenters. The maximum Gasteiger partial charge on any atom is 0.303 e. The van der Waals surface area contributed by atoms with Gasteiger partial charge in [-0.05, 0) is 55.6 Å². The van der Waals surface area contributed by atoms with Gasteiger partial charge in [-0.25, -0.2) is 0 Å². The summed E-state index contributed by atoms with van der Waals surface area (Å²) in [7, 11) is 0. The topological polar surface area (TPSA) is 101 Å². The van der Waals surface area contributed by atoms with E-state index in [9.17, 15) is 24.6 Å². The van der Waals surface area contributed by atoms with Gasteiger partial charge in [0.1, 0.15) is 5.60 Å². The first-order chi connectivity index (χ1) is 13.9. The minimum Gasteiger partial charge on any atom is -0.458 e. The molecule has 0 aromatic carbocycles. The minimum atomic E-state index is -1.64. The number of carbonyl (C=O) groups excluding carboxylic acids is 3. The van der Waals surface area contributed by atoms with Crippen LogP contribution in [0, 0.1) is 34.5 Å². The lowest BCUT2D eigenvalue weighted by molar-refractivity contribution is -0.185. The van der Waals surface area contributed by atoms with Crippen molar-refractivity contribution in [3.05, 3.63) is 23.8 Å². The van der Waals surface area contributed by atoms with Gasteiger partial charge < -0.3 is 14.9 Å². The van der Waals surface area contributed by atoms with E-state index in [4.69, 9.17) is 4.74 Å². The molecule has 0 heterocycles. The third kappa shape index (κ3) is 2.72. The zero-order valence-electron chi connectivity index (χ0n) is 18.2. The van der Waals surface area contributed by atoms with Crippen molar-refractivity contribution in [3.8, 4) is 0 Å². The summed E-state index contributed by atoms with van der Waals surface area (Å²) in [6, 6.07) is 0. The molecular weight excluding hydrogens is 384 g/mol. The molecule has 2 N–H and O–H groups in total. The van der Waals surface area contributed by atoms with Crippen molar-refractivity contribution in [2.45, 2.75) is 65.1 Å². The van der Waals surface area contributed by atoms with E-state index in [-0.39, 0.29) is 34.9 Å². The van der Waals surface area contributed by atoms with Crippen molar-refractivity contribution in [2.24, 2.45) is 34.5 Å². The first kappa shape index (κ1) is 21.4. The number of rotatable bonds is 3. The van der Waals surface area contributed by atoms with Crippen LogP contribution in [0.4, 0.5) is 0 Å². The minimum absolute atomic E-state index is 0.00371. The van der Waals surface area contributed by atoms with Crippen molar-refractivity contribution < 1.29 is 29.3 Å². The van der Waals surface area contributed by atoms with E-state index in [1.807, 2.05) is 19.9 Å². The van der Waals surface area contributed by atoms with Crippen LogP contribution in [0.5, 0.6) is 0 Å². The van der Waals surface area contributed by atoms with Gasteiger partial charge in [-0.3, -0.25) is 14.4 Å². The molecule has 0 aromatic heterocycles. The second-order valence-corrected chi connectivity index (χ2v) is 10.3. The zero-order valence-corrected chi connectivity index (χ0v) is 18.2. The fourth-order valence-corrected chi connectivity index (χ4v) is 7.53. The van der Waals surface area contributed by atoms with E-state index in [0.717, 1.165) is 18.4 Å². The Balaban J connectivity index is 1.70. The Morgan fingerprint density at radius 1 is 1.30 bits per heavy atom. The Labute approximate surface area is 177 Å². The third-order valence-electron chi connectivity index (χ3n) is 8.91. The lowest BCUT2D eigenvalue weighted by Gasteiger charge is -2.59. The number of aliphatic hydroxyl groups is 2. The fourth-order valence-electron chi connectivity index (χ4n) is 7.53. The number of hydrogen-bond donors (Lipinski definition) is 2. The summed E-state index contributed by atoms with van der Waals surface area (Å²) in [4.78, 5) is 36.2. The highest BCUT2D eigenvalue weighted by atomic mass is 16.5. The van der Waals surface area contributed by atoms with E-state index < -0.39 is 35.5 Å². The predicted octanol–water partition coefficient (Wildman–Crippen LogP) is 2.37. The average Bonchev–Trinajstić information content (AvgIpc) is 2.87. The van der Waals surface area contributed by atoms with Crippen LogP contribution >= 0.6 is 0 Å². The summed E-state index contributed by atoms with van der Waals surface area (Å²) >= 11 is 0. The van der Waals surface area contributed by atoms with Crippen LogP contribution in [0.15, 0.2) is 23.8 Å². The van der Waals surface area contributed by atoms with Crippen molar-refractivity contribution in [2.75, 3.05) is 6.61 Å². The Bertz CT molecular complexity index is 858. The first-order valence-corrected chi connectivity index (χ1v) is 11.0. The van der Waals surface area contributed by atoms with Crippen LogP contribution in [0.25, 0.3) is 0 Å². The Kier molecular flexibility index (Phi) is 4.90. The van der Waals surface area contributed by atoms with Gasteiger partial charge in [-0.2, -0.15) is 0 Å².